The van der Waals surface area contributed by atoms with Crippen LogP contribution >= 0.6 is 15.9 Å². The van der Waals surface area contributed by atoms with Crippen LogP contribution < -0.4 is 16.6 Å². The normalized spacial score (nSPS) is 10.2. The van der Waals surface area contributed by atoms with E-state index in [0.717, 1.165) is 6.20 Å². The van der Waals surface area contributed by atoms with E-state index in [9.17, 15) is 14.4 Å². The van der Waals surface area contributed by atoms with Crippen LogP contribution in [0.2, 0.25) is 0 Å². The SMILES string of the molecule is O=C(Nc1c[nH]c(=O)[nH]c1=O)c1ccc(Br)o1. The number of carbonyl (C=O) groups is 1. The van der Waals surface area contributed by atoms with Gasteiger partial charge in [0.2, 0.25) is 0 Å². The summed E-state index contributed by atoms with van der Waals surface area (Å²) < 4.78 is 5.40. The molecule has 2 heterocycles. The minimum absolute atomic E-state index is 0.0440. The van der Waals surface area contributed by atoms with E-state index in [-0.39, 0.29) is 11.4 Å². The van der Waals surface area contributed by atoms with Crippen molar-refractivity contribution in [2.24, 2.45) is 0 Å². The van der Waals surface area contributed by atoms with Gasteiger partial charge in [0.1, 0.15) is 5.69 Å². The number of H-pyrrole nitrogens is 2. The molecule has 0 atom stereocenters. The molecule has 0 aliphatic rings. The fourth-order valence-electron chi connectivity index (χ4n) is 1.12. The molecule has 0 bridgehead atoms. The maximum Gasteiger partial charge on any atom is 0.325 e. The van der Waals surface area contributed by atoms with E-state index in [1.165, 1.54) is 6.07 Å². The minimum atomic E-state index is -0.687. The molecule has 0 spiro atoms. The van der Waals surface area contributed by atoms with E-state index >= 15 is 0 Å². The van der Waals surface area contributed by atoms with Crippen molar-refractivity contribution in [2.75, 3.05) is 5.32 Å². The molecule has 88 valence electrons. The first-order valence-corrected chi connectivity index (χ1v) is 5.24. The summed E-state index contributed by atoms with van der Waals surface area (Å²) in [7, 11) is 0. The van der Waals surface area contributed by atoms with Crippen molar-refractivity contribution < 1.29 is 9.21 Å². The van der Waals surface area contributed by atoms with Crippen LogP contribution in [0.15, 0.2) is 37.0 Å². The molecule has 1 amide bonds. The number of nitrogens with one attached hydrogen (secondary N) is 3. The summed E-state index contributed by atoms with van der Waals surface area (Å²) in [6.07, 6.45) is 1.11. The van der Waals surface area contributed by atoms with E-state index in [2.05, 4.69) is 26.2 Å². The van der Waals surface area contributed by atoms with Gasteiger partial charge < -0.3 is 14.7 Å². The highest BCUT2D eigenvalue weighted by atomic mass is 79.9. The summed E-state index contributed by atoms with van der Waals surface area (Å²) in [5.74, 6) is -0.546. The maximum absolute atomic E-state index is 11.6. The third kappa shape index (κ3) is 2.53. The molecule has 0 saturated carbocycles. The van der Waals surface area contributed by atoms with Crippen LogP contribution in [0.25, 0.3) is 0 Å². The molecular weight excluding hydrogens is 294 g/mol. The molecule has 8 heteroatoms. The van der Waals surface area contributed by atoms with E-state index in [0.29, 0.717) is 4.67 Å². The molecule has 0 unspecified atom stereocenters. The lowest BCUT2D eigenvalue weighted by Crippen LogP contribution is -2.26. The summed E-state index contributed by atoms with van der Waals surface area (Å²) in [6.45, 7) is 0. The Balaban J connectivity index is 2.24. The number of hydrogen-bond acceptors (Lipinski definition) is 4. The van der Waals surface area contributed by atoms with E-state index < -0.39 is 17.2 Å². The van der Waals surface area contributed by atoms with Gasteiger partial charge in [-0.15, -0.1) is 0 Å². The molecule has 3 N–H and O–H groups in total. The molecule has 17 heavy (non-hydrogen) atoms. The maximum atomic E-state index is 11.6. The number of halogens is 1. The van der Waals surface area contributed by atoms with Crippen molar-refractivity contribution in [2.45, 2.75) is 0 Å². The number of carbonyl (C=O) groups excluding carboxylic acids is 1. The van der Waals surface area contributed by atoms with Crippen LogP contribution in [0.3, 0.4) is 0 Å². The largest absolute Gasteiger partial charge is 0.444 e. The topological polar surface area (TPSA) is 108 Å². The predicted octanol–water partition coefficient (Wildman–Crippen LogP) is 0.671. The predicted molar refractivity (Wildman–Crippen MR) is 62.0 cm³/mol. The van der Waals surface area contributed by atoms with Gasteiger partial charge >= 0.3 is 5.69 Å². The Bertz CT molecular complexity index is 669. The number of aromatic nitrogens is 2. The Labute approximate surface area is 102 Å². The molecule has 0 saturated heterocycles. The van der Waals surface area contributed by atoms with Gasteiger partial charge in [0.15, 0.2) is 10.4 Å². The minimum Gasteiger partial charge on any atom is -0.444 e. The molecule has 2 aromatic rings. The molecule has 0 aromatic carbocycles. The fourth-order valence-corrected chi connectivity index (χ4v) is 1.43. The number of amides is 1. The van der Waals surface area contributed by atoms with Crippen LogP contribution in [0.1, 0.15) is 10.6 Å². The van der Waals surface area contributed by atoms with E-state index in [4.69, 9.17) is 4.42 Å². The summed E-state index contributed by atoms with van der Waals surface area (Å²) >= 11 is 3.05. The first-order chi connectivity index (χ1) is 8.06. The number of aromatic amines is 2. The standard InChI is InChI=1S/C9H6BrN3O4/c10-6-2-1-5(17-6)8(15)12-4-3-11-9(16)13-7(4)14/h1-3H,(H,12,15)(H2,11,13,14,16). The van der Waals surface area contributed by atoms with Crippen LogP contribution in [0.5, 0.6) is 0 Å². The zero-order valence-electron chi connectivity index (χ0n) is 8.24. The van der Waals surface area contributed by atoms with Crippen molar-refractivity contribution in [1.82, 2.24) is 9.97 Å². The first kappa shape index (κ1) is 11.4. The van der Waals surface area contributed by atoms with Crippen molar-refractivity contribution in [3.63, 3.8) is 0 Å². The summed E-state index contributed by atoms with van der Waals surface area (Å²) in [6, 6.07) is 2.99. The lowest BCUT2D eigenvalue weighted by molar-refractivity contribution is 0.0995. The number of anilines is 1. The first-order valence-electron chi connectivity index (χ1n) is 4.45. The zero-order valence-corrected chi connectivity index (χ0v) is 9.83. The quantitative estimate of drug-likeness (QED) is 0.757. The highest BCUT2D eigenvalue weighted by Gasteiger charge is 2.12. The highest BCUT2D eigenvalue weighted by Crippen LogP contribution is 2.14. The Hall–Kier alpha value is -2.09. The van der Waals surface area contributed by atoms with E-state index in [1.54, 1.807) is 6.07 Å². The summed E-state index contributed by atoms with van der Waals surface area (Å²) in [5.41, 5.74) is -1.40. The van der Waals surface area contributed by atoms with Crippen LogP contribution in [-0.2, 0) is 0 Å². The van der Waals surface area contributed by atoms with Gasteiger partial charge in [-0.1, -0.05) is 0 Å². The van der Waals surface area contributed by atoms with Gasteiger partial charge in [-0.3, -0.25) is 14.6 Å². The zero-order chi connectivity index (χ0) is 12.4. The molecule has 2 rings (SSSR count). The number of rotatable bonds is 2. The van der Waals surface area contributed by atoms with Gasteiger partial charge in [0.25, 0.3) is 11.5 Å². The van der Waals surface area contributed by atoms with Crippen molar-refractivity contribution >= 4 is 27.5 Å². The molecular formula is C9H6BrN3O4. The Morgan fingerprint density at radius 1 is 1.35 bits per heavy atom. The Morgan fingerprint density at radius 2 is 2.12 bits per heavy atom. The average molecular weight is 300 g/mol. The smallest absolute Gasteiger partial charge is 0.325 e. The third-order valence-electron chi connectivity index (χ3n) is 1.86. The van der Waals surface area contributed by atoms with Gasteiger partial charge in [-0.05, 0) is 28.1 Å². The van der Waals surface area contributed by atoms with Gasteiger partial charge in [0, 0.05) is 6.20 Å². The second-order valence-electron chi connectivity index (χ2n) is 3.04. The molecule has 0 fully saturated rings. The molecule has 0 radical (unpaired) electrons. The monoisotopic (exact) mass is 299 g/mol. The lowest BCUT2D eigenvalue weighted by Gasteiger charge is -2.00. The fraction of sp³-hybridized carbons (Fsp3) is 0. The van der Waals surface area contributed by atoms with Gasteiger partial charge in [-0.25, -0.2) is 4.79 Å². The molecule has 0 aliphatic carbocycles. The van der Waals surface area contributed by atoms with Crippen molar-refractivity contribution in [1.29, 1.82) is 0 Å². The number of hydrogen-bond donors (Lipinski definition) is 3. The van der Waals surface area contributed by atoms with Crippen LogP contribution in [0.4, 0.5) is 5.69 Å². The summed E-state index contributed by atoms with van der Waals surface area (Å²) in [5, 5.41) is 2.30. The summed E-state index contributed by atoms with van der Waals surface area (Å²) in [4.78, 5) is 37.8. The van der Waals surface area contributed by atoms with E-state index in [1.807, 2.05) is 4.98 Å². The second-order valence-corrected chi connectivity index (χ2v) is 3.83. The lowest BCUT2D eigenvalue weighted by atomic mass is 10.4. The Morgan fingerprint density at radius 3 is 2.71 bits per heavy atom. The van der Waals surface area contributed by atoms with Crippen LogP contribution in [-0.4, -0.2) is 15.9 Å². The average Bonchev–Trinajstić information content (AvgIpc) is 2.69. The van der Waals surface area contributed by atoms with Crippen LogP contribution in [0, 0.1) is 0 Å². The van der Waals surface area contributed by atoms with Gasteiger partial charge in [-0.2, -0.15) is 0 Å². The second kappa shape index (κ2) is 4.42. The number of furan rings is 1. The Kier molecular flexibility index (Phi) is 2.96. The van der Waals surface area contributed by atoms with Crippen molar-refractivity contribution in [3.05, 3.63) is 49.6 Å². The third-order valence-corrected chi connectivity index (χ3v) is 2.29. The van der Waals surface area contributed by atoms with Gasteiger partial charge in [0.05, 0.1) is 0 Å². The molecule has 7 nitrogen and oxygen atoms in total. The molecule has 2 aromatic heterocycles. The molecule has 0 aliphatic heterocycles. The highest BCUT2D eigenvalue weighted by molar-refractivity contribution is 9.10. The van der Waals surface area contributed by atoms with Crippen molar-refractivity contribution in [3.8, 4) is 0 Å².